The molecule has 3 heteroatoms. The van der Waals surface area contributed by atoms with E-state index < -0.39 is 0 Å². The first-order valence-electron chi connectivity index (χ1n) is 8.61. The number of rotatable bonds is 4. The molecule has 25 heavy (non-hydrogen) atoms. The number of fused-ring (bicyclic) bond motifs is 1. The molecule has 1 aromatic heterocycles. The van der Waals surface area contributed by atoms with Crippen molar-refractivity contribution in [3.05, 3.63) is 84.5 Å². The Labute approximate surface area is 148 Å². The lowest BCUT2D eigenvalue weighted by Gasteiger charge is -2.12. The van der Waals surface area contributed by atoms with Crippen molar-refractivity contribution in [1.29, 1.82) is 0 Å². The smallest absolute Gasteiger partial charge is 0.143 e. The van der Waals surface area contributed by atoms with E-state index in [1.807, 2.05) is 19.2 Å². The molecule has 0 aliphatic heterocycles. The highest BCUT2D eigenvalue weighted by molar-refractivity contribution is 5.84. The number of benzene rings is 2. The second-order valence-electron chi connectivity index (χ2n) is 6.10. The van der Waals surface area contributed by atoms with Crippen LogP contribution < -0.4 is 5.32 Å². The fourth-order valence-electron chi connectivity index (χ4n) is 3.25. The largest absolute Gasteiger partial charge is 0.388 e. The van der Waals surface area contributed by atoms with E-state index in [1.54, 1.807) is 0 Å². The molecule has 3 aromatic rings. The minimum atomic E-state index is 0.807. The molecule has 0 saturated carbocycles. The summed E-state index contributed by atoms with van der Waals surface area (Å²) in [6.07, 6.45) is 11.8. The minimum absolute atomic E-state index is 0.807. The molecule has 0 amide bonds. The Balaban J connectivity index is 1.84. The standard InChI is InChI=1S/C22H21N3/c1-23-19-12-6-5-11-18(19)22-24-20-13-7-8-14-21(20)25(22)16-15-17-9-3-2-4-10-17/h2-9,11-15,23H,10,16H2,1H3/b17-15+. The molecule has 2 aromatic carbocycles. The normalized spacial score (nSPS) is 15.2. The van der Waals surface area contributed by atoms with Crippen molar-refractivity contribution in [2.24, 2.45) is 0 Å². The molecule has 0 unspecified atom stereocenters. The summed E-state index contributed by atoms with van der Waals surface area (Å²) in [7, 11) is 1.95. The van der Waals surface area contributed by atoms with Crippen molar-refractivity contribution < 1.29 is 0 Å². The third kappa shape index (κ3) is 3.01. The molecular formula is C22H21N3. The Bertz CT molecular complexity index is 989. The number of hydrogen-bond acceptors (Lipinski definition) is 2. The van der Waals surface area contributed by atoms with E-state index >= 15 is 0 Å². The molecule has 0 atom stereocenters. The van der Waals surface area contributed by atoms with Gasteiger partial charge in [0, 0.05) is 24.8 Å². The third-order valence-electron chi connectivity index (χ3n) is 4.54. The van der Waals surface area contributed by atoms with Crippen molar-refractivity contribution in [2.75, 3.05) is 12.4 Å². The zero-order chi connectivity index (χ0) is 17.1. The van der Waals surface area contributed by atoms with Crippen LogP contribution in [0.1, 0.15) is 6.42 Å². The van der Waals surface area contributed by atoms with Crippen LogP contribution in [0.2, 0.25) is 0 Å². The third-order valence-corrected chi connectivity index (χ3v) is 4.54. The Morgan fingerprint density at radius 3 is 2.76 bits per heavy atom. The molecule has 0 radical (unpaired) electrons. The van der Waals surface area contributed by atoms with Gasteiger partial charge in [-0.1, -0.05) is 54.6 Å². The van der Waals surface area contributed by atoms with Crippen LogP contribution in [-0.4, -0.2) is 16.6 Å². The molecule has 0 bridgehead atoms. The number of nitrogens with zero attached hydrogens (tertiary/aromatic N) is 2. The van der Waals surface area contributed by atoms with E-state index in [9.17, 15) is 0 Å². The summed E-state index contributed by atoms with van der Waals surface area (Å²) >= 11 is 0. The predicted octanol–water partition coefficient (Wildman–Crippen LogP) is 5.19. The highest BCUT2D eigenvalue weighted by Gasteiger charge is 2.14. The van der Waals surface area contributed by atoms with Crippen LogP contribution in [0.25, 0.3) is 22.4 Å². The van der Waals surface area contributed by atoms with Gasteiger partial charge < -0.3 is 9.88 Å². The fourth-order valence-corrected chi connectivity index (χ4v) is 3.25. The lowest BCUT2D eigenvalue weighted by atomic mass is 10.1. The van der Waals surface area contributed by atoms with Crippen molar-refractivity contribution in [2.45, 2.75) is 13.0 Å². The zero-order valence-electron chi connectivity index (χ0n) is 14.3. The van der Waals surface area contributed by atoms with E-state index in [-0.39, 0.29) is 0 Å². The van der Waals surface area contributed by atoms with Gasteiger partial charge in [-0.15, -0.1) is 0 Å². The van der Waals surface area contributed by atoms with E-state index in [4.69, 9.17) is 4.98 Å². The summed E-state index contributed by atoms with van der Waals surface area (Å²) in [6.45, 7) is 0.807. The second-order valence-corrected chi connectivity index (χ2v) is 6.10. The Kier molecular flexibility index (Phi) is 4.21. The Morgan fingerprint density at radius 2 is 1.92 bits per heavy atom. The summed E-state index contributed by atoms with van der Waals surface area (Å²) < 4.78 is 2.30. The molecule has 1 aliphatic carbocycles. The molecule has 3 nitrogen and oxygen atoms in total. The molecule has 1 aliphatic rings. The maximum absolute atomic E-state index is 4.92. The molecule has 1 N–H and O–H groups in total. The van der Waals surface area contributed by atoms with Gasteiger partial charge >= 0.3 is 0 Å². The first-order valence-corrected chi connectivity index (χ1v) is 8.61. The zero-order valence-corrected chi connectivity index (χ0v) is 14.3. The van der Waals surface area contributed by atoms with Crippen molar-refractivity contribution >= 4 is 16.7 Å². The number of aromatic nitrogens is 2. The van der Waals surface area contributed by atoms with Gasteiger partial charge in [0.05, 0.1) is 11.0 Å². The van der Waals surface area contributed by atoms with E-state index in [0.29, 0.717) is 0 Å². The number of imidazole rings is 1. The summed E-state index contributed by atoms with van der Waals surface area (Å²) in [4.78, 5) is 4.92. The first-order chi connectivity index (χ1) is 12.4. The number of para-hydroxylation sites is 3. The quantitative estimate of drug-likeness (QED) is 0.715. The lowest BCUT2D eigenvalue weighted by molar-refractivity contribution is 0.853. The summed E-state index contributed by atoms with van der Waals surface area (Å²) in [5.74, 6) is 0.998. The molecule has 0 spiro atoms. The molecule has 124 valence electrons. The molecular weight excluding hydrogens is 306 g/mol. The van der Waals surface area contributed by atoms with Gasteiger partial charge in [0.2, 0.25) is 0 Å². The van der Waals surface area contributed by atoms with Crippen molar-refractivity contribution in [1.82, 2.24) is 9.55 Å². The van der Waals surface area contributed by atoms with Crippen LogP contribution >= 0.6 is 0 Å². The SMILES string of the molecule is CNc1ccccc1-c1nc2ccccc2n1C/C=C1\C=CC=CC1. The molecule has 4 rings (SSSR count). The van der Waals surface area contributed by atoms with Gasteiger partial charge in [-0.3, -0.25) is 0 Å². The number of allylic oxidation sites excluding steroid dienone is 6. The van der Waals surface area contributed by atoms with Crippen LogP contribution in [0.3, 0.4) is 0 Å². The summed E-state index contributed by atoms with van der Waals surface area (Å²) in [6, 6.07) is 16.7. The van der Waals surface area contributed by atoms with E-state index in [2.05, 4.69) is 76.7 Å². The van der Waals surface area contributed by atoms with E-state index in [1.165, 1.54) is 5.57 Å². The average Bonchev–Trinajstić information content (AvgIpc) is 3.05. The predicted molar refractivity (Wildman–Crippen MR) is 106 cm³/mol. The van der Waals surface area contributed by atoms with Crippen LogP contribution in [0.15, 0.2) is 84.5 Å². The van der Waals surface area contributed by atoms with Crippen LogP contribution in [0, 0.1) is 0 Å². The summed E-state index contributed by atoms with van der Waals surface area (Å²) in [5, 5.41) is 3.28. The maximum Gasteiger partial charge on any atom is 0.143 e. The van der Waals surface area contributed by atoms with Crippen LogP contribution in [0.4, 0.5) is 5.69 Å². The molecule has 0 fully saturated rings. The fraction of sp³-hybridized carbons (Fsp3) is 0.136. The highest BCUT2D eigenvalue weighted by atomic mass is 15.1. The van der Waals surface area contributed by atoms with Gasteiger partial charge in [0.25, 0.3) is 0 Å². The van der Waals surface area contributed by atoms with Crippen molar-refractivity contribution in [3.63, 3.8) is 0 Å². The number of nitrogens with one attached hydrogen (secondary N) is 1. The molecule has 0 saturated heterocycles. The van der Waals surface area contributed by atoms with Gasteiger partial charge in [0.15, 0.2) is 0 Å². The van der Waals surface area contributed by atoms with Gasteiger partial charge in [-0.05, 0) is 36.3 Å². The Morgan fingerprint density at radius 1 is 1.08 bits per heavy atom. The van der Waals surface area contributed by atoms with Crippen LogP contribution in [-0.2, 0) is 6.54 Å². The lowest BCUT2D eigenvalue weighted by Crippen LogP contribution is -2.02. The minimum Gasteiger partial charge on any atom is -0.388 e. The van der Waals surface area contributed by atoms with Gasteiger partial charge in [-0.25, -0.2) is 4.98 Å². The maximum atomic E-state index is 4.92. The van der Waals surface area contributed by atoms with Gasteiger partial charge in [-0.2, -0.15) is 0 Å². The van der Waals surface area contributed by atoms with Crippen LogP contribution in [0.5, 0.6) is 0 Å². The average molecular weight is 327 g/mol. The number of hydrogen-bond donors (Lipinski definition) is 1. The summed E-state index contributed by atoms with van der Waals surface area (Å²) in [5.41, 5.74) is 5.75. The second kappa shape index (κ2) is 6.81. The first kappa shape index (κ1) is 15.5. The van der Waals surface area contributed by atoms with Gasteiger partial charge in [0.1, 0.15) is 5.82 Å². The Hall–Kier alpha value is -3.07. The topological polar surface area (TPSA) is 29.9 Å². The number of anilines is 1. The van der Waals surface area contributed by atoms with Crippen molar-refractivity contribution in [3.8, 4) is 11.4 Å². The molecule has 1 heterocycles. The highest BCUT2D eigenvalue weighted by Crippen LogP contribution is 2.30. The van der Waals surface area contributed by atoms with E-state index in [0.717, 1.165) is 41.1 Å². The monoisotopic (exact) mass is 327 g/mol.